The Morgan fingerprint density at radius 1 is 0.875 bits per heavy atom. The van der Waals surface area contributed by atoms with Crippen molar-refractivity contribution in [2.45, 2.75) is 64.7 Å². The third kappa shape index (κ3) is 15.2. The lowest BCUT2D eigenvalue weighted by molar-refractivity contribution is -0.129. The second kappa shape index (κ2) is 17.7. The van der Waals surface area contributed by atoms with E-state index in [1.165, 1.54) is 25.7 Å². The third-order valence-electron chi connectivity index (χ3n) is 3.38. The molecule has 3 nitrogen and oxygen atoms in total. The number of unbranched alkanes of at least 4 members (excludes halogenated alkanes) is 5. The second-order valence-electron chi connectivity index (χ2n) is 5.50. The number of carboxylic acids is 1. The first-order valence-corrected chi connectivity index (χ1v) is 9.48. The largest absolute Gasteiger partial charge is 0.477 e. The van der Waals surface area contributed by atoms with Gasteiger partial charge >= 0.3 is 5.97 Å². The molecule has 0 atom stereocenters. The van der Waals surface area contributed by atoms with Crippen molar-refractivity contribution in [2.75, 3.05) is 0 Å². The van der Waals surface area contributed by atoms with Gasteiger partial charge in [-0.2, -0.15) is 0 Å². The van der Waals surface area contributed by atoms with Gasteiger partial charge in [0.15, 0.2) is 0 Å². The molecule has 134 valence electrons. The van der Waals surface area contributed by atoms with Crippen LogP contribution in [0.4, 0.5) is 0 Å². The molecule has 0 saturated carbocycles. The van der Waals surface area contributed by atoms with Crippen molar-refractivity contribution >= 4 is 22.1 Å². The van der Waals surface area contributed by atoms with Crippen molar-refractivity contribution in [1.29, 1.82) is 0 Å². The lowest BCUT2D eigenvalue weighted by atomic mass is 10.1. The smallest absolute Gasteiger partial charge is 0.344 e. The van der Waals surface area contributed by atoms with Crippen molar-refractivity contribution in [1.82, 2.24) is 0 Å². The maximum atomic E-state index is 10.6. The van der Waals surface area contributed by atoms with Gasteiger partial charge in [-0.3, -0.25) is 0 Å². The highest BCUT2D eigenvalue weighted by Crippen LogP contribution is 2.02. The molecule has 24 heavy (non-hydrogen) atoms. The molecule has 0 spiro atoms. The van der Waals surface area contributed by atoms with E-state index in [0.717, 1.165) is 25.7 Å². The Labute approximate surface area is 149 Å². The van der Waals surface area contributed by atoms with Gasteiger partial charge in [0, 0.05) is 0 Å². The van der Waals surface area contributed by atoms with Crippen molar-refractivity contribution in [2.24, 2.45) is 0 Å². The molecule has 0 bridgehead atoms. The van der Waals surface area contributed by atoms with Crippen LogP contribution in [0.5, 0.6) is 0 Å². The number of allylic oxidation sites excluding steroid dienone is 8. The highest BCUT2D eigenvalue weighted by atomic mass is 32.1. The molecule has 0 rings (SSSR count). The number of rotatable bonds is 14. The van der Waals surface area contributed by atoms with Crippen LogP contribution in [0.2, 0.25) is 0 Å². The monoisotopic (exact) mass is 350 g/mol. The zero-order valence-corrected chi connectivity index (χ0v) is 15.5. The molecule has 0 amide bonds. The lowest BCUT2D eigenvalue weighted by Crippen LogP contribution is -2.12. The van der Waals surface area contributed by atoms with E-state index in [9.17, 15) is 9.00 Å². The summed E-state index contributed by atoms with van der Waals surface area (Å²) in [6, 6.07) is 0. The molecular formula is C20H30O3S. The number of aliphatic carboxylic acids is 1. The zero-order chi connectivity index (χ0) is 17.9. The number of hydrogen-bond acceptors (Lipinski definition) is 2. The summed E-state index contributed by atoms with van der Waals surface area (Å²) in [6.07, 6.45) is 25.6. The Hall–Kier alpha value is -1.68. The quantitative estimate of drug-likeness (QED) is 0.202. The molecule has 0 heterocycles. The van der Waals surface area contributed by atoms with Crippen molar-refractivity contribution < 1.29 is 14.1 Å². The van der Waals surface area contributed by atoms with Crippen molar-refractivity contribution in [3.8, 4) is 0 Å². The first-order chi connectivity index (χ1) is 11.7. The second-order valence-corrected chi connectivity index (χ2v) is 6.16. The molecule has 0 aromatic heterocycles. The van der Waals surface area contributed by atoms with Crippen LogP contribution in [0.15, 0.2) is 48.6 Å². The molecule has 0 aromatic rings. The molecule has 0 aliphatic rings. The maximum Gasteiger partial charge on any atom is 0.344 e. The van der Waals surface area contributed by atoms with Gasteiger partial charge in [-0.1, -0.05) is 68.4 Å². The van der Waals surface area contributed by atoms with Crippen LogP contribution < -0.4 is 0 Å². The summed E-state index contributed by atoms with van der Waals surface area (Å²) in [5.41, 5.74) is 0. The van der Waals surface area contributed by atoms with Crippen LogP contribution in [0.3, 0.4) is 0 Å². The van der Waals surface area contributed by atoms with E-state index in [1.807, 2.05) is 24.3 Å². The average molecular weight is 351 g/mol. The highest BCUT2D eigenvalue weighted by molar-refractivity contribution is 7.68. The number of carbonyl (C=O) groups is 1. The Morgan fingerprint density at radius 2 is 1.54 bits per heavy atom. The summed E-state index contributed by atoms with van der Waals surface area (Å²) < 4.78 is 10.5. The summed E-state index contributed by atoms with van der Waals surface area (Å²) in [5.74, 6) is -1.09. The highest BCUT2D eigenvalue weighted by Gasteiger charge is 2.06. The topological polar surface area (TPSA) is 54.4 Å². The number of carboxylic acid groups (broad SMARTS) is 1. The molecule has 0 aromatic carbocycles. The number of hydrogen-bond donors (Lipinski definition) is 1. The summed E-state index contributed by atoms with van der Waals surface area (Å²) in [4.78, 5) is 10.6. The van der Waals surface area contributed by atoms with Crippen molar-refractivity contribution in [3.63, 3.8) is 0 Å². The zero-order valence-electron chi connectivity index (χ0n) is 14.7. The Morgan fingerprint density at radius 3 is 2.21 bits per heavy atom. The van der Waals surface area contributed by atoms with E-state index in [0.29, 0.717) is 6.42 Å². The fourth-order valence-corrected chi connectivity index (χ4v) is 2.30. The molecule has 0 radical (unpaired) electrons. The molecule has 0 saturated heterocycles. The minimum Gasteiger partial charge on any atom is -0.477 e. The van der Waals surface area contributed by atoms with Crippen molar-refractivity contribution in [3.05, 3.63) is 48.6 Å². The van der Waals surface area contributed by atoms with Gasteiger partial charge in [0.2, 0.25) is 0 Å². The summed E-state index contributed by atoms with van der Waals surface area (Å²) >= 11 is 0.0911. The molecule has 0 aliphatic carbocycles. The molecule has 1 N–H and O–H groups in total. The minimum atomic E-state index is -1.09. The molecule has 0 aliphatic heterocycles. The van der Waals surface area contributed by atoms with E-state index < -0.39 is 5.97 Å². The minimum absolute atomic E-state index is 0.00317. The lowest BCUT2D eigenvalue weighted by Gasteiger charge is -1.96. The standard InChI is InChI=1S/C20H30O3S/c1-2-3-4-5-6-7-8-9-10-11-12-13-14-15-16-17-18-19(24-23)20(21)22/h6-7,9-14H,2-5,8,15-18H2,1H3,(H,21,22). The van der Waals surface area contributed by atoms with Crippen LogP contribution in [0.25, 0.3) is 0 Å². The van der Waals surface area contributed by atoms with Gasteiger partial charge in [0.05, 0.1) is 11.3 Å². The van der Waals surface area contributed by atoms with E-state index in [-0.39, 0.29) is 16.1 Å². The summed E-state index contributed by atoms with van der Waals surface area (Å²) in [6.45, 7) is 2.22. The SMILES string of the molecule is CCCCCC=CCC=CC=CC=CCCCCC(=S=O)C(=O)O. The third-order valence-corrected chi connectivity index (χ3v) is 3.96. The van der Waals surface area contributed by atoms with E-state index in [1.54, 1.807) is 0 Å². The van der Waals surface area contributed by atoms with Crippen LogP contribution in [0.1, 0.15) is 64.7 Å². The van der Waals surface area contributed by atoms with Gasteiger partial charge in [-0.25, -0.2) is 9.00 Å². The van der Waals surface area contributed by atoms with Gasteiger partial charge in [-0.05, 0) is 44.9 Å². The molecule has 0 unspecified atom stereocenters. The predicted octanol–water partition coefficient (Wildman–Crippen LogP) is 5.21. The van der Waals surface area contributed by atoms with Crippen LogP contribution in [-0.4, -0.2) is 20.1 Å². The Balaban J connectivity index is 3.62. The van der Waals surface area contributed by atoms with Crippen LogP contribution in [0, 0.1) is 0 Å². The van der Waals surface area contributed by atoms with Gasteiger partial charge in [-0.15, -0.1) is 0 Å². The van der Waals surface area contributed by atoms with Gasteiger partial charge in [0.25, 0.3) is 0 Å². The average Bonchev–Trinajstić information content (AvgIpc) is 2.57. The maximum absolute atomic E-state index is 10.6. The van der Waals surface area contributed by atoms with E-state index in [2.05, 4.69) is 31.2 Å². The fraction of sp³-hybridized carbons (Fsp3) is 0.500. The first-order valence-electron chi connectivity index (χ1n) is 8.74. The normalized spacial score (nSPS) is 12.0. The van der Waals surface area contributed by atoms with E-state index >= 15 is 0 Å². The van der Waals surface area contributed by atoms with Gasteiger partial charge in [0.1, 0.15) is 4.86 Å². The van der Waals surface area contributed by atoms with Crippen LogP contribution in [-0.2, 0) is 16.1 Å². The molecular weight excluding hydrogens is 320 g/mol. The summed E-state index contributed by atoms with van der Waals surface area (Å²) in [7, 11) is 0. The molecule has 0 fully saturated rings. The summed E-state index contributed by atoms with van der Waals surface area (Å²) in [5, 5.41) is 8.71. The van der Waals surface area contributed by atoms with Crippen LogP contribution >= 0.6 is 0 Å². The predicted molar refractivity (Wildman–Crippen MR) is 105 cm³/mol. The van der Waals surface area contributed by atoms with Gasteiger partial charge < -0.3 is 5.11 Å². The fourth-order valence-electron chi connectivity index (χ4n) is 2.00. The Kier molecular flexibility index (Phi) is 16.4. The van der Waals surface area contributed by atoms with E-state index in [4.69, 9.17) is 5.11 Å². The first kappa shape index (κ1) is 22.3. The Bertz CT molecular complexity index is 495. The molecule has 4 heteroatoms.